The third kappa shape index (κ3) is 2.78. The van der Waals surface area contributed by atoms with Crippen LogP contribution in [0, 0.1) is 5.92 Å². The lowest BCUT2D eigenvalue weighted by molar-refractivity contribution is 0.0709. The topological polar surface area (TPSA) is 33.2 Å². The van der Waals surface area contributed by atoms with Crippen molar-refractivity contribution in [1.82, 2.24) is 9.88 Å². The largest absolute Gasteiger partial charge is 0.339 e. The molecular weight excluding hydrogens is 272 g/mol. The highest BCUT2D eigenvalue weighted by Crippen LogP contribution is 2.23. The molecule has 0 fully saturated rings. The number of halogens is 1. The Morgan fingerprint density at radius 1 is 1.25 bits per heavy atom. The molecule has 1 amide bonds. The van der Waals surface area contributed by atoms with E-state index in [-0.39, 0.29) is 11.9 Å². The van der Waals surface area contributed by atoms with E-state index in [4.69, 9.17) is 11.6 Å². The maximum Gasteiger partial charge on any atom is 0.254 e. The first-order valence-electron chi connectivity index (χ1n) is 6.74. The summed E-state index contributed by atoms with van der Waals surface area (Å²) in [5.41, 5.74) is 1.35. The van der Waals surface area contributed by atoms with E-state index in [0.29, 0.717) is 16.6 Å². The number of para-hydroxylation sites is 1. The van der Waals surface area contributed by atoms with Gasteiger partial charge in [-0.25, -0.2) is 4.98 Å². The first-order valence-corrected chi connectivity index (χ1v) is 7.12. The number of carbonyl (C=O) groups excluding carboxylic acids is 1. The molecule has 20 heavy (non-hydrogen) atoms. The molecular formula is C16H19ClN2O. The number of rotatable bonds is 3. The van der Waals surface area contributed by atoms with Gasteiger partial charge in [0, 0.05) is 18.5 Å². The predicted octanol–water partition coefficient (Wildman–Crippen LogP) is 4.00. The summed E-state index contributed by atoms with van der Waals surface area (Å²) in [5, 5.41) is 1.18. The van der Waals surface area contributed by atoms with Crippen molar-refractivity contribution < 1.29 is 4.79 Å². The molecule has 1 atom stereocenters. The average molecular weight is 291 g/mol. The van der Waals surface area contributed by atoms with E-state index in [2.05, 4.69) is 18.8 Å². The fourth-order valence-electron chi connectivity index (χ4n) is 2.14. The van der Waals surface area contributed by atoms with Gasteiger partial charge < -0.3 is 4.90 Å². The van der Waals surface area contributed by atoms with E-state index < -0.39 is 0 Å². The van der Waals surface area contributed by atoms with Gasteiger partial charge in [-0.15, -0.1) is 0 Å². The minimum atomic E-state index is -0.0216. The van der Waals surface area contributed by atoms with Gasteiger partial charge in [0.2, 0.25) is 0 Å². The Labute approximate surface area is 124 Å². The van der Waals surface area contributed by atoms with Crippen molar-refractivity contribution in [2.24, 2.45) is 5.92 Å². The Bertz CT molecular complexity index is 639. The smallest absolute Gasteiger partial charge is 0.254 e. The fourth-order valence-corrected chi connectivity index (χ4v) is 2.34. The highest BCUT2D eigenvalue weighted by Gasteiger charge is 2.22. The molecule has 0 radical (unpaired) electrons. The van der Waals surface area contributed by atoms with E-state index in [9.17, 15) is 4.79 Å². The zero-order chi connectivity index (χ0) is 14.9. The third-order valence-corrected chi connectivity index (χ3v) is 4.01. The quantitative estimate of drug-likeness (QED) is 0.800. The van der Waals surface area contributed by atoms with Crippen LogP contribution in [0.2, 0.25) is 5.15 Å². The second-order valence-electron chi connectivity index (χ2n) is 5.41. The third-order valence-electron chi connectivity index (χ3n) is 3.81. The molecule has 1 heterocycles. The number of benzene rings is 1. The number of hydrogen-bond donors (Lipinski definition) is 0. The molecule has 1 aromatic heterocycles. The van der Waals surface area contributed by atoms with Crippen molar-refractivity contribution in [1.29, 1.82) is 0 Å². The zero-order valence-corrected chi connectivity index (χ0v) is 13.0. The highest BCUT2D eigenvalue weighted by molar-refractivity contribution is 6.30. The number of aromatic nitrogens is 1. The molecule has 2 rings (SSSR count). The number of pyridine rings is 1. The molecule has 0 N–H and O–H groups in total. The van der Waals surface area contributed by atoms with Crippen LogP contribution in [0.4, 0.5) is 0 Å². The molecule has 0 bridgehead atoms. The minimum Gasteiger partial charge on any atom is -0.339 e. The minimum absolute atomic E-state index is 0.0216. The molecule has 1 aromatic carbocycles. The Morgan fingerprint density at radius 3 is 2.55 bits per heavy atom. The summed E-state index contributed by atoms with van der Waals surface area (Å²) < 4.78 is 0. The van der Waals surface area contributed by atoms with E-state index in [1.807, 2.05) is 38.2 Å². The SMILES string of the molecule is CC(C)C(C)N(C)C(=O)c1cc(Cl)nc2ccccc12. The van der Waals surface area contributed by atoms with Gasteiger partial charge in [0.15, 0.2) is 0 Å². The molecule has 106 valence electrons. The summed E-state index contributed by atoms with van der Waals surface area (Å²) in [6.07, 6.45) is 0. The maximum atomic E-state index is 12.7. The lowest BCUT2D eigenvalue weighted by atomic mass is 10.0. The van der Waals surface area contributed by atoms with Crippen molar-refractivity contribution in [2.45, 2.75) is 26.8 Å². The van der Waals surface area contributed by atoms with Crippen LogP contribution >= 0.6 is 11.6 Å². The predicted molar refractivity (Wildman–Crippen MR) is 83.1 cm³/mol. The van der Waals surface area contributed by atoms with Gasteiger partial charge in [-0.1, -0.05) is 43.6 Å². The molecule has 0 saturated heterocycles. The lowest BCUT2D eigenvalue weighted by Crippen LogP contribution is -2.38. The molecule has 1 unspecified atom stereocenters. The van der Waals surface area contributed by atoms with Crippen LogP contribution in [0.5, 0.6) is 0 Å². The molecule has 4 heteroatoms. The zero-order valence-electron chi connectivity index (χ0n) is 12.2. The van der Waals surface area contributed by atoms with Crippen molar-refractivity contribution in [3.63, 3.8) is 0 Å². The summed E-state index contributed by atoms with van der Waals surface area (Å²) in [4.78, 5) is 18.7. The summed E-state index contributed by atoms with van der Waals surface area (Å²) in [6, 6.07) is 9.37. The first kappa shape index (κ1) is 14.8. The van der Waals surface area contributed by atoms with Gasteiger partial charge in [0.05, 0.1) is 11.1 Å². The summed E-state index contributed by atoms with van der Waals surface area (Å²) in [7, 11) is 1.83. The molecule has 0 aliphatic heterocycles. The maximum absolute atomic E-state index is 12.7. The molecule has 0 aliphatic carbocycles. The lowest BCUT2D eigenvalue weighted by Gasteiger charge is -2.28. The molecule has 2 aromatic rings. The molecule has 0 spiro atoms. The van der Waals surface area contributed by atoms with Crippen molar-refractivity contribution in [3.05, 3.63) is 41.0 Å². The van der Waals surface area contributed by atoms with Crippen LogP contribution < -0.4 is 0 Å². The standard InChI is InChI=1S/C16H19ClN2O/c1-10(2)11(3)19(4)16(20)13-9-15(17)18-14-8-6-5-7-12(13)14/h5-11H,1-4H3. The molecule has 3 nitrogen and oxygen atoms in total. The fraction of sp³-hybridized carbons (Fsp3) is 0.375. The van der Waals surface area contributed by atoms with E-state index in [1.165, 1.54) is 0 Å². The molecule has 0 aliphatic rings. The van der Waals surface area contributed by atoms with Crippen molar-refractivity contribution in [3.8, 4) is 0 Å². The van der Waals surface area contributed by atoms with Crippen LogP contribution in [0.25, 0.3) is 10.9 Å². The van der Waals surface area contributed by atoms with Crippen molar-refractivity contribution >= 4 is 28.4 Å². The number of fused-ring (bicyclic) bond motifs is 1. The Hall–Kier alpha value is -1.61. The van der Waals surface area contributed by atoms with E-state index in [1.54, 1.807) is 11.0 Å². The monoisotopic (exact) mass is 290 g/mol. The number of nitrogens with zero attached hydrogens (tertiary/aromatic N) is 2. The van der Waals surface area contributed by atoms with Gasteiger partial charge in [-0.3, -0.25) is 4.79 Å². The van der Waals surface area contributed by atoms with Crippen LogP contribution in [0.3, 0.4) is 0 Å². The van der Waals surface area contributed by atoms with Crippen LogP contribution in [0.1, 0.15) is 31.1 Å². The number of carbonyl (C=O) groups is 1. The summed E-state index contributed by atoms with van der Waals surface area (Å²) in [6.45, 7) is 6.26. The van der Waals surface area contributed by atoms with Gasteiger partial charge in [0.25, 0.3) is 5.91 Å². The van der Waals surface area contributed by atoms with Crippen LogP contribution in [-0.4, -0.2) is 28.9 Å². The second-order valence-corrected chi connectivity index (χ2v) is 5.80. The summed E-state index contributed by atoms with van der Waals surface area (Å²) in [5.74, 6) is 0.374. The van der Waals surface area contributed by atoms with Gasteiger partial charge in [-0.2, -0.15) is 0 Å². The first-order chi connectivity index (χ1) is 9.41. The average Bonchev–Trinajstić information content (AvgIpc) is 2.43. The van der Waals surface area contributed by atoms with Gasteiger partial charge in [-0.05, 0) is 25.0 Å². The second kappa shape index (κ2) is 5.80. The Balaban J connectivity index is 2.49. The van der Waals surface area contributed by atoms with Gasteiger partial charge >= 0.3 is 0 Å². The summed E-state index contributed by atoms with van der Waals surface area (Å²) >= 11 is 6.03. The van der Waals surface area contributed by atoms with Crippen LogP contribution in [0.15, 0.2) is 30.3 Å². The number of hydrogen-bond acceptors (Lipinski definition) is 2. The molecule has 0 saturated carbocycles. The normalized spacial score (nSPS) is 12.7. The highest BCUT2D eigenvalue weighted by atomic mass is 35.5. The van der Waals surface area contributed by atoms with Crippen LogP contribution in [-0.2, 0) is 0 Å². The Morgan fingerprint density at radius 2 is 1.90 bits per heavy atom. The van der Waals surface area contributed by atoms with E-state index >= 15 is 0 Å². The Kier molecular flexibility index (Phi) is 4.29. The van der Waals surface area contributed by atoms with Crippen molar-refractivity contribution in [2.75, 3.05) is 7.05 Å². The van der Waals surface area contributed by atoms with Gasteiger partial charge in [0.1, 0.15) is 5.15 Å². The number of amides is 1. The van der Waals surface area contributed by atoms with E-state index in [0.717, 1.165) is 10.9 Å².